The number of carboxylic acid groups (broad SMARTS) is 1. The van der Waals surface area contributed by atoms with Crippen molar-refractivity contribution in [3.05, 3.63) is 46.9 Å². The van der Waals surface area contributed by atoms with Gasteiger partial charge in [0.1, 0.15) is 10.8 Å². The topological polar surface area (TPSA) is 62.2 Å². The van der Waals surface area contributed by atoms with Gasteiger partial charge >= 0.3 is 5.97 Å². The van der Waals surface area contributed by atoms with Gasteiger partial charge in [0.2, 0.25) is 0 Å². The third-order valence-electron chi connectivity index (χ3n) is 2.49. The number of nitrogens with zero attached hydrogens (tertiary/aromatic N) is 1. The first-order valence-electron chi connectivity index (χ1n) is 5.26. The number of hydrogen-bond acceptors (Lipinski definition) is 4. The Labute approximate surface area is 107 Å². The molecular weight excluding hydrogens is 255 g/mol. The lowest BCUT2D eigenvalue weighted by atomic mass is 10.1. The molecule has 2 N–H and O–H groups in total. The van der Waals surface area contributed by atoms with Crippen LogP contribution in [0.4, 0.5) is 9.39 Å². The largest absolute Gasteiger partial charge is 0.476 e. The second-order valence-corrected chi connectivity index (χ2v) is 4.61. The normalized spacial score (nSPS) is 12.1. The molecule has 0 aliphatic carbocycles. The van der Waals surface area contributed by atoms with E-state index in [9.17, 15) is 9.18 Å². The van der Waals surface area contributed by atoms with Gasteiger partial charge in [0, 0.05) is 6.04 Å². The van der Waals surface area contributed by atoms with E-state index in [1.165, 1.54) is 29.0 Å². The van der Waals surface area contributed by atoms with E-state index in [0.717, 1.165) is 5.56 Å². The number of carboxylic acids is 1. The summed E-state index contributed by atoms with van der Waals surface area (Å²) in [6.07, 6.45) is 0. The minimum absolute atomic E-state index is 0.00830. The van der Waals surface area contributed by atoms with Gasteiger partial charge in [0.05, 0.1) is 5.51 Å². The van der Waals surface area contributed by atoms with Crippen molar-refractivity contribution in [2.75, 3.05) is 5.32 Å². The van der Waals surface area contributed by atoms with E-state index in [0.29, 0.717) is 5.00 Å². The summed E-state index contributed by atoms with van der Waals surface area (Å²) >= 11 is 1.23. The maximum absolute atomic E-state index is 12.8. The molecule has 0 saturated carbocycles. The molecule has 18 heavy (non-hydrogen) atoms. The van der Waals surface area contributed by atoms with Crippen LogP contribution in [-0.2, 0) is 0 Å². The summed E-state index contributed by atoms with van der Waals surface area (Å²) in [4.78, 5) is 14.7. The molecule has 0 amide bonds. The van der Waals surface area contributed by atoms with E-state index in [4.69, 9.17) is 5.11 Å². The molecule has 0 bridgehead atoms. The summed E-state index contributed by atoms with van der Waals surface area (Å²) in [5.74, 6) is -1.36. The van der Waals surface area contributed by atoms with Gasteiger partial charge in [-0.15, -0.1) is 11.3 Å². The smallest absolute Gasteiger partial charge is 0.357 e. The summed E-state index contributed by atoms with van der Waals surface area (Å²) in [6, 6.07) is 5.95. The minimum Gasteiger partial charge on any atom is -0.476 e. The van der Waals surface area contributed by atoms with Crippen LogP contribution in [0.15, 0.2) is 29.8 Å². The average molecular weight is 266 g/mol. The highest BCUT2D eigenvalue weighted by Crippen LogP contribution is 2.25. The lowest BCUT2D eigenvalue weighted by molar-refractivity contribution is 0.0692. The molecule has 1 aromatic carbocycles. The summed E-state index contributed by atoms with van der Waals surface area (Å²) in [5, 5.41) is 12.5. The number of hydrogen-bond donors (Lipinski definition) is 2. The third kappa shape index (κ3) is 2.65. The highest BCUT2D eigenvalue weighted by molar-refractivity contribution is 7.14. The minimum atomic E-state index is -1.06. The zero-order valence-corrected chi connectivity index (χ0v) is 10.4. The number of carbonyl (C=O) groups is 1. The zero-order valence-electron chi connectivity index (χ0n) is 9.55. The van der Waals surface area contributed by atoms with E-state index >= 15 is 0 Å². The molecular formula is C12H11FN2O2S. The van der Waals surface area contributed by atoms with Gasteiger partial charge in [0.15, 0.2) is 5.69 Å². The number of nitrogens with one attached hydrogen (secondary N) is 1. The average Bonchev–Trinajstić information content (AvgIpc) is 2.78. The zero-order chi connectivity index (χ0) is 13.1. The summed E-state index contributed by atoms with van der Waals surface area (Å²) in [6.45, 7) is 1.87. The second kappa shape index (κ2) is 5.14. The van der Waals surface area contributed by atoms with Crippen molar-refractivity contribution >= 4 is 22.3 Å². The van der Waals surface area contributed by atoms with E-state index < -0.39 is 5.97 Å². The van der Waals surface area contributed by atoms with Crippen LogP contribution < -0.4 is 5.32 Å². The molecule has 6 heteroatoms. The SMILES string of the molecule is CC(Nc1scnc1C(=O)O)c1ccc(F)cc1. The van der Waals surface area contributed by atoms with Gasteiger partial charge in [-0.25, -0.2) is 14.2 Å². The Hall–Kier alpha value is -1.95. The fraction of sp³-hybridized carbons (Fsp3) is 0.167. The van der Waals surface area contributed by atoms with E-state index in [1.807, 2.05) is 6.92 Å². The third-order valence-corrected chi connectivity index (χ3v) is 3.25. The van der Waals surface area contributed by atoms with Crippen LogP contribution in [0.25, 0.3) is 0 Å². The van der Waals surface area contributed by atoms with Crippen LogP contribution in [0, 0.1) is 5.82 Å². The van der Waals surface area contributed by atoms with E-state index in [1.54, 1.807) is 12.1 Å². The van der Waals surface area contributed by atoms with Gasteiger partial charge in [-0.2, -0.15) is 0 Å². The highest BCUT2D eigenvalue weighted by atomic mass is 32.1. The van der Waals surface area contributed by atoms with Crippen LogP contribution in [-0.4, -0.2) is 16.1 Å². The highest BCUT2D eigenvalue weighted by Gasteiger charge is 2.15. The van der Waals surface area contributed by atoms with Crippen LogP contribution in [0.3, 0.4) is 0 Å². The van der Waals surface area contributed by atoms with E-state index in [-0.39, 0.29) is 17.6 Å². The Morgan fingerprint density at radius 3 is 2.72 bits per heavy atom. The molecule has 2 rings (SSSR count). The molecule has 4 nitrogen and oxygen atoms in total. The first-order valence-corrected chi connectivity index (χ1v) is 6.14. The lowest BCUT2D eigenvalue weighted by Crippen LogP contribution is -2.09. The Morgan fingerprint density at radius 1 is 1.44 bits per heavy atom. The first-order chi connectivity index (χ1) is 8.58. The van der Waals surface area contributed by atoms with Gasteiger partial charge in [-0.1, -0.05) is 12.1 Å². The van der Waals surface area contributed by atoms with E-state index in [2.05, 4.69) is 10.3 Å². The van der Waals surface area contributed by atoms with Crippen molar-refractivity contribution in [1.29, 1.82) is 0 Å². The molecule has 0 spiro atoms. The van der Waals surface area contributed by atoms with Gasteiger partial charge in [-0.05, 0) is 24.6 Å². The summed E-state index contributed by atoms with van der Waals surface area (Å²) in [5.41, 5.74) is 2.36. The number of halogens is 1. The molecule has 0 aliphatic rings. The molecule has 0 radical (unpaired) electrons. The summed E-state index contributed by atoms with van der Waals surface area (Å²) in [7, 11) is 0. The first kappa shape index (κ1) is 12.5. The molecule has 1 heterocycles. The molecule has 2 aromatic rings. The lowest BCUT2D eigenvalue weighted by Gasteiger charge is -2.14. The van der Waals surface area contributed by atoms with Crippen LogP contribution in [0.5, 0.6) is 0 Å². The Balaban J connectivity index is 2.16. The number of aromatic nitrogens is 1. The maximum atomic E-state index is 12.8. The second-order valence-electron chi connectivity index (χ2n) is 3.75. The van der Waals surface area contributed by atoms with Crippen molar-refractivity contribution in [1.82, 2.24) is 4.98 Å². The molecule has 0 saturated heterocycles. The summed E-state index contributed by atoms with van der Waals surface area (Å²) < 4.78 is 12.8. The fourth-order valence-electron chi connectivity index (χ4n) is 1.53. The van der Waals surface area contributed by atoms with Crippen molar-refractivity contribution < 1.29 is 14.3 Å². The molecule has 0 fully saturated rings. The van der Waals surface area contributed by atoms with Crippen molar-refractivity contribution in [3.63, 3.8) is 0 Å². The number of aromatic carboxylic acids is 1. The number of benzene rings is 1. The monoisotopic (exact) mass is 266 g/mol. The van der Waals surface area contributed by atoms with Gasteiger partial charge < -0.3 is 10.4 Å². The Bertz CT molecular complexity index is 553. The quantitative estimate of drug-likeness (QED) is 0.892. The predicted molar refractivity (Wildman–Crippen MR) is 67.5 cm³/mol. The number of rotatable bonds is 4. The molecule has 1 unspecified atom stereocenters. The van der Waals surface area contributed by atoms with Crippen LogP contribution in [0.1, 0.15) is 29.0 Å². The molecule has 1 atom stereocenters. The number of anilines is 1. The van der Waals surface area contributed by atoms with Gasteiger partial charge in [-0.3, -0.25) is 0 Å². The van der Waals surface area contributed by atoms with Crippen molar-refractivity contribution in [2.45, 2.75) is 13.0 Å². The van der Waals surface area contributed by atoms with Crippen LogP contribution in [0.2, 0.25) is 0 Å². The Kier molecular flexibility index (Phi) is 3.57. The maximum Gasteiger partial charge on any atom is 0.357 e. The standard InChI is InChI=1S/C12H11FN2O2S/c1-7(8-2-4-9(13)5-3-8)15-11-10(12(16)17)14-6-18-11/h2-7,15H,1H3,(H,16,17). The van der Waals surface area contributed by atoms with Crippen molar-refractivity contribution in [3.8, 4) is 0 Å². The van der Waals surface area contributed by atoms with Crippen molar-refractivity contribution in [2.24, 2.45) is 0 Å². The van der Waals surface area contributed by atoms with Gasteiger partial charge in [0.25, 0.3) is 0 Å². The molecule has 0 aliphatic heterocycles. The molecule has 1 aromatic heterocycles. The predicted octanol–water partition coefficient (Wildman–Crippen LogP) is 3.15. The Morgan fingerprint density at radius 2 is 2.11 bits per heavy atom. The van der Waals surface area contributed by atoms with Crippen LogP contribution >= 0.6 is 11.3 Å². The fourth-order valence-corrected chi connectivity index (χ4v) is 2.29. The molecule has 94 valence electrons. The number of thiazole rings is 1.